The lowest BCUT2D eigenvalue weighted by Gasteiger charge is -2.30. The molecule has 23 heavy (non-hydrogen) atoms. The maximum atomic E-state index is 12.8. The Labute approximate surface area is 140 Å². The van der Waals surface area contributed by atoms with E-state index < -0.39 is 21.8 Å². The van der Waals surface area contributed by atoms with Crippen molar-refractivity contribution in [3.05, 3.63) is 29.3 Å². The minimum atomic E-state index is -4.57. The van der Waals surface area contributed by atoms with E-state index in [1.807, 2.05) is 6.92 Å². The first kappa shape index (κ1) is 20.2. The summed E-state index contributed by atoms with van der Waals surface area (Å²) in [7, 11) is -4.00. The largest absolute Gasteiger partial charge is 0.416 e. The van der Waals surface area contributed by atoms with Gasteiger partial charge in [-0.3, -0.25) is 0 Å². The van der Waals surface area contributed by atoms with Crippen molar-refractivity contribution in [3.63, 3.8) is 0 Å². The van der Waals surface area contributed by atoms with Crippen molar-refractivity contribution in [3.8, 4) is 0 Å². The van der Waals surface area contributed by atoms with Crippen LogP contribution in [0.3, 0.4) is 0 Å². The fraction of sp³-hybridized carbons (Fsp3) is 0.571. The molecule has 0 radical (unpaired) electrons. The summed E-state index contributed by atoms with van der Waals surface area (Å²) in [6.45, 7) is 4.69. The van der Waals surface area contributed by atoms with Crippen LogP contribution < -0.4 is 10.0 Å². The topological polar surface area (TPSA) is 58.2 Å². The smallest absolute Gasteiger partial charge is 0.315 e. The Morgan fingerprint density at radius 2 is 1.96 bits per heavy atom. The van der Waals surface area contributed by atoms with E-state index in [4.69, 9.17) is 0 Å². The molecule has 4 nitrogen and oxygen atoms in total. The zero-order chi connectivity index (χ0) is 16.5. The van der Waals surface area contributed by atoms with Crippen LogP contribution in [0.4, 0.5) is 13.2 Å². The van der Waals surface area contributed by atoms with Crippen LogP contribution in [-0.2, 0) is 16.2 Å². The van der Waals surface area contributed by atoms with Crippen LogP contribution in [0.15, 0.2) is 23.1 Å². The molecule has 2 N–H and O–H groups in total. The van der Waals surface area contributed by atoms with Gasteiger partial charge in [0.25, 0.3) is 0 Å². The summed E-state index contributed by atoms with van der Waals surface area (Å²) < 4.78 is 65.8. The second kappa shape index (κ2) is 7.38. The summed E-state index contributed by atoms with van der Waals surface area (Å²) in [5.41, 5.74) is -0.676. The molecule has 0 bridgehead atoms. The average Bonchev–Trinajstić information content (AvgIpc) is 2.40. The molecule has 1 heterocycles. The van der Waals surface area contributed by atoms with Crippen LogP contribution in [0.2, 0.25) is 0 Å². The van der Waals surface area contributed by atoms with Crippen LogP contribution in [-0.4, -0.2) is 27.5 Å². The minimum absolute atomic E-state index is 0. The lowest BCUT2D eigenvalue weighted by molar-refractivity contribution is -0.137. The van der Waals surface area contributed by atoms with Crippen molar-refractivity contribution >= 4 is 22.4 Å². The SMILES string of the molecule is Cc1ccc(C(F)(F)F)cc1S(=O)(=O)NC1CNCCC1C.Cl. The monoisotopic (exact) mass is 372 g/mol. The summed E-state index contributed by atoms with van der Waals surface area (Å²) in [6.07, 6.45) is -3.76. The van der Waals surface area contributed by atoms with Gasteiger partial charge in [0.1, 0.15) is 0 Å². The van der Waals surface area contributed by atoms with E-state index in [1.54, 1.807) is 0 Å². The fourth-order valence-corrected chi connectivity index (χ4v) is 4.09. The van der Waals surface area contributed by atoms with Gasteiger partial charge in [-0.05, 0) is 43.5 Å². The van der Waals surface area contributed by atoms with Crippen molar-refractivity contribution in [2.24, 2.45) is 5.92 Å². The van der Waals surface area contributed by atoms with Crippen LogP contribution in [0.5, 0.6) is 0 Å². The van der Waals surface area contributed by atoms with Gasteiger partial charge in [-0.25, -0.2) is 13.1 Å². The summed E-state index contributed by atoms with van der Waals surface area (Å²) in [4.78, 5) is -0.319. The zero-order valence-electron chi connectivity index (χ0n) is 12.8. The number of benzene rings is 1. The fourth-order valence-electron chi connectivity index (χ4n) is 2.48. The predicted molar refractivity (Wildman–Crippen MR) is 84.2 cm³/mol. The van der Waals surface area contributed by atoms with Gasteiger partial charge in [-0.1, -0.05) is 13.0 Å². The van der Waals surface area contributed by atoms with E-state index in [0.717, 1.165) is 19.0 Å². The van der Waals surface area contributed by atoms with Crippen molar-refractivity contribution in [1.82, 2.24) is 10.0 Å². The maximum Gasteiger partial charge on any atom is 0.416 e. The molecule has 0 aliphatic carbocycles. The van der Waals surface area contributed by atoms with Crippen LogP contribution in [0.1, 0.15) is 24.5 Å². The van der Waals surface area contributed by atoms with E-state index in [9.17, 15) is 21.6 Å². The number of piperidine rings is 1. The highest BCUT2D eigenvalue weighted by Crippen LogP contribution is 2.31. The number of sulfonamides is 1. The first-order valence-corrected chi connectivity index (χ1v) is 8.50. The number of halogens is 4. The molecule has 0 saturated carbocycles. The molecule has 1 fully saturated rings. The molecule has 1 saturated heterocycles. The van der Waals surface area contributed by atoms with Crippen LogP contribution in [0.25, 0.3) is 0 Å². The third-order valence-electron chi connectivity index (χ3n) is 3.94. The highest BCUT2D eigenvalue weighted by atomic mass is 35.5. The second-order valence-electron chi connectivity index (χ2n) is 5.68. The molecule has 2 unspecified atom stereocenters. The Balaban J connectivity index is 0.00000264. The summed E-state index contributed by atoms with van der Waals surface area (Å²) in [5.74, 6) is 0.127. The molecular formula is C14H20ClF3N2O2S. The number of aryl methyl sites for hydroxylation is 1. The Kier molecular flexibility index (Phi) is 6.48. The number of hydrogen-bond donors (Lipinski definition) is 2. The molecule has 1 aliphatic rings. The molecule has 2 rings (SSSR count). The van der Waals surface area contributed by atoms with Gasteiger partial charge in [0.05, 0.1) is 10.5 Å². The highest BCUT2D eigenvalue weighted by Gasteiger charge is 2.33. The molecule has 0 aromatic heterocycles. The molecule has 1 aliphatic heterocycles. The van der Waals surface area contributed by atoms with Gasteiger partial charge in [0, 0.05) is 12.6 Å². The first-order chi connectivity index (χ1) is 10.1. The Morgan fingerprint density at radius 1 is 1.30 bits per heavy atom. The predicted octanol–water partition coefficient (Wildman–Crippen LogP) is 2.71. The van der Waals surface area contributed by atoms with Gasteiger partial charge in [0.2, 0.25) is 10.0 Å². The van der Waals surface area contributed by atoms with E-state index in [1.165, 1.54) is 13.0 Å². The van der Waals surface area contributed by atoms with E-state index in [0.29, 0.717) is 12.6 Å². The number of alkyl halides is 3. The van der Waals surface area contributed by atoms with Crippen LogP contribution >= 0.6 is 12.4 Å². The quantitative estimate of drug-likeness (QED) is 0.857. The molecule has 0 spiro atoms. The Morgan fingerprint density at radius 3 is 2.52 bits per heavy atom. The third-order valence-corrected chi connectivity index (χ3v) is 5.57. The number of hydrogen-bond acceptors (Lipinski definition) is 3. The lowest BCUT2D eigenvalue weighted by Crippen LogP contribution is -2.50. The normalized spacial score (nSPS) is 22.5. The molecule has 1 aromatic carbocycles. The first-order valence-electron chi connectivity index (χ1n) is 7.02. The standard InChI is InChI=1S/C14H19F3N2O2S.ClH/c1-9-5-6-18-8-12(9)19-22(20,21)13-7-11(14(15,16)17)4-3-10(13)2;/h3-4,7,9,12,18-19H,5-6,8H2,1-2H3;1H. The van der Waals surface area contributed by atoms with Gasteiger partial charge >= 0.3 is 6.18 Å². The zero-order valence-corrected chi connectivity index (χ0v) is 14.4. The molecule has 9 heteroatoms. The summed E-state index contributed by atoms with van der Waals surface area (Å²) in [5, 5.41) is 3.08. The minimum Gasteiger partial charge on any atom is -0.315 e. The Bertz CT molecular complexity index is 650. The summed E-state index contributed by atoms with van der Waals surface area (Å²) >= 11 is 0. The van der Waals surface area contributed by atoms with Crippen LogP contribution in [0, 0.1) is 12.8 Å². The molecular weight excluding hydrogens is 353 g/mol. The van der Waals surface area contributed by atoms with Crippen molar-refractivity contribution in [2.45, 2.75) is 37.4 Å². The summed E-state index contributed by atoms with van der Waals surface area (Å²) in [6, 6.07) is 2.44. The Hall–Kier alpha value is -0.830. The van der Waals surface area contributed by atoms with Crippen molar-refractivity contribution < 1.29 is 21.6 Å². The number of rotatable bonds is 3. The van der Waals surface area contributed by atoms with E-state index in [2.05, 4.69) is 10.0 Å². The van der Waals surface area contributed by atoms with E-state index >= 15 is 0 Å². The van der Waals surface area contributed by atoms with Gasteiger partial charge in [-0.2, -0.15) is 13.2 Å². The molecule has 1 aromatic rings. The number of nitrogens with one attached hydrogen (secondary N) is 2. The lowest BCUT2D eigenvalue weighted by atomic mass is 9.96. The average molecular weight is 373 g/mol. The molecule has 132 valence electrons. The third kappa shape index (κ3) is 4.82. The maximum absolute atomic E-state index is 12.8. The van der Waals surface area contributed by atoms with E-state index in [-0.39, 0.29) is 34.8 Å². The van der Waals surface area contributed by atoms with Crippen molar-refractivity contribution in [2.75, 3.05) is 13.1 Å². The molecule has 2 atom stereocenters. The second-order valence-corrected chi connectivity index (χ2v) is 7.36. The van der Waals surface area contributed by atoms with Gasteiger partial charge in [-0.15, -0.1) is 12.4 Å². The van der Waals surface area contributed by atoms with Gasteiger partial charge < -0.3 is 5.32 Å². The van der Waals surface area contributed by atoms with Gasteiger partial charge in [0.15, 0.2) is 0 Å². The van der Waals surface area contributed by atoms with Crippen molar-refractivity contribution in [1.29, 1.82) is 0 Å². The molecule has 0 amide bonds. The highest BCUT2D eigenvalue weighted by molar-refractivity contribution is 7.89.